The zero-order valence-corrected chi connectivity index (χ0v) is 13.8. The molecule has 4 heteroatoms. The van der Waals surface area contributed by atoms with Gasteiger partial charge in [-0.15, -0.1) is 6.58 Å². The summed E-state index contributed by atoms with van der Waals surface area (Å²) in [7, 11) is 2.06. The number of aliphatic hydroxyl groups excluding tert-OH is 1. The molecule has 2 N–H and O–H groups in total. The first-order valence-electron chi connectivity index (χ1n) is 7.80. The molecule has 0 heterocycles. The average molecular weight is 283 g/mol. The third kappa shape index (κ3) is 6.42. The molecule has 20 heavy (non-hydrogen) atoms. The van der Waals surface area contributed by atoms with Gasteiger partial charge in [-0.3, -0.25) is 4.99 Å². The molecule has 0 saturated heterocycles. The number of hydrogen-bond donors (Lipinski definition) is 2. The van der Waals surface area contributed by atoms with Gasteiger partial charge in [-0.25, -0.2) is 0 Å². The van der Waals surface area contributed by atoms with Crippen molar-refractivity contribution in [3.8, 4) is 0 Å². The van der Waals surface area contributed by atoms with Gasteiger partial charge in [-0.2, -0.15) is 0 Å². The maximum atomic E-state index is 9.62. The fourth-order valence-electron chi connectivity index (χ4n) is 2.04. The molecular weight excluding hydrogens is 250 g/mol. The van der Waals surface area contributed by atoms with Gasteiger partial charge < -0.3 is 15.3 Å². The van der Waals surface area contributed by atoms with Crippen LogP contribution >= 0.6 is 0 Å². The lowest BCUT2D eigenvalue weighted by Gasteiger charge is -2.29. The van der Waals surface area contributed by atoms with Gasteiger partial charge >= 0.3 is 0 Å². The summed E-state index contributed by atoms with van der Waals surface area (Å²) >= 11 is 0. The minimum atomic E-state index is -0.0807. The predicted octanol–water partition coefficient (Wildman–Crippen LogP) is 2.65. The molecule has 0 unspecified atom stereocenters. The Hall–Kier alpha value is -1.03. The molecule has 0 fully saturated rings. The third-order valence-corrected chi connectivity index (χ3v) is 4.00. The first-order valence-corrected chi connectivity index (χ1v) is 7.80. The molecule has 0 spiro atoms. The van der Waals surface area contributed by atoms with Crippen LogP contribution in [0, 0.1) is 5.41 Å². The first kappa shape index (κ1) is 19.0. The highest BCUT2D eigenvalue weighted by atomic mass is 16.3. The minimum absolute atomic E-state index is 0.0807. The van der Waals surface area contributed by atoms with Crippen molar-refractivity contribution in [2.75, 3.05) is 33.3 Å². The second kappa shape index (κ2) is 10.7. The minimum Gasteiger partial charge on any atom is -0.396 e. The summed E-state index contributed by atoms with van der Waals surface area (Å²) in [4.78, 5) is 6.88. The van der Waals surface area contributed by atoms with Gasteiger partial charge in [-0.05, 0) is 32.6 Å². The number of hydrogen-bond acceptors (Lipinski definition) is 2. The molecule has 0 rings (SSSR count). The van der Waals surface area contributed by atoms with Crippen LogP contribution in [0.3, 0.4) is 0 Å². The molecule has 0 aliphatic carbocycles. The van der Waals surface area contributed by atoms with Crippen LogP contribution in [0.25, 0.3) is 0 Å². The van der Waals surface area contributed by atoms with Gasteiger partial charge in [0.15, 0.2) is 5.96 Å². The smallest absolute Gasteiger partial charge is 0.193 e. The van der Waals surface area contributed by atoms with E-state index >= 15 is 0 Å². The van der Waals surface area contributed by atoms with E-state index in [4.69, 9.17) is 4.99 Å². The molecule has 0 bridgehead atoms. The quantitative estimate of drug-likeness (QED) is 0.280. The molecule has 0 aromatic rings. The van der Waals surface area contributed by atoms with E-state index in [-0.39, 0.29) is 12.0 Å². The Morgan fingerprint density at radius 1 is 1.35 bits per heavy atom. The summed E-state index contributed by atoms with van der Waals surface area (Å²) in [6.45, 7) is 12.8. The van der Waals surface area contributed by atoms with E-state index < -0.39 is 0 Å². The number of nitrogens with one attached hydrogen (secondary N) is 1. The van der Waals surface area contributed by atoms with E-state index in [0.29, 0.717) is 6.54 Å². The van der Waals surface area contributed by atoms with Crippen LogP contribution < -0.4 is 5.32 Å². The first-order chi connectivity index (χ1) is 9.59. The zero-order valence-electron chi connectivity index (χ0n) is 13.8. The molecule has 0 saturated carbocycles. The second-order valence-electron chi connectivity index (χ2n) is 5.39. The summed E-state index contributed by atoms with van der Waals surface area (Å²) in [6.07, 6.45) is 5.94. The Bertz CT molecular complexity index is 277. The third-order valence-electron chi connectivity index (χ3n) is 4.00. The summed E-state index contributed by atoms with van der Waals surface area (Å²) < 4.78 is 0. The molecule has 0 aromatic heterocycles. The molecule has 0 aliphatic heterocycles. The topological polar surface area (TPSA) is 47.9 Å². The number of nitrogens with zero attached hydrogens (tertiary/aromatic N) is 2. The van der Waals surface area contributed by atoms with Crippen LogP contribution in [0.15, 0.2) is 17.6 Å². The van der Waals surface area contributed by atoms with E-state index in [1.807, 2.05) is 6.08 Å². The van der Waals surface area contributed by atoms with Crippen LogP contribution in [-0.2, 0) is 0 Å². The Labute approximate surface area is 125 Å². The predicted molar refractivity (Wildman–Crippen MR) is 88.1 cm³/mol. The number of allylic oxidation sites excluding steroid dienone is 1. The molecule has 0 aliphatic rings. The lowest BCUT2D eigenvalue weighted by molar-refractivity contribution is 0.123. The number of guanidine groups is 1. The largest absolute Gasteiger partial charge is 0.396 e. The molecule has 118 valence electrons. The molecule has 0 radical (unpaired) electrons. The van der Waals surface area contributed by atoms with Crippen molar-refractivity contribution in [2.45, 2.75) is 46.5 Å². The van der Waals surface area contributed by atoms with Crippen LogP contribution in [0.5, 0.6) is 0 Å². The van der Waals surface area contributed by atoms with E-state index in [1.165, 1.54) is 0 Å². The number of aliphatic imine (C=N–C) groups is 1. The highest BCUT2D eigenvalue weighted by Crippen LogP contribution is 2.25. The summed E-state index contributed by atoms with van der Waals surface area (Å²) in [6, 6.07) is 0. The van der Waals surface area contributed by atoms with E-state index in [2.05, 4.69) is 44.6 Å². The van der Waals surface area contributed by atoms with Crippen LogP contribution in [0.4, 0.5) is 0 Å². The number of rotatable bonds is 10. The monoisotopic (exact) mass is 283 g/mol. The zero-order chi connectivity index (χ0) is 15.4. The fourth-order valence-corrected chi connectivity index (χ4v) is 2.04. The summed E-state index contributed by atoms with van der Waals surface area (Å²) in [5, 5.41) is 12.9. The lowest BCUT2D eigenvalue weighted by atomic mass is 9.83. The van der Waals surface area contributed by atoms with Crippen molar-refractivity contribution in [1.29, 1.82) is 0 Å². The van der Waals surface area contributed by atoms with Crippen molar-refractivity contribution in [2.24, 2.45) is 10.4 Å². The maximum Gasteiger partial charge on any atom is 0.193 e. The van der Waals surface area contributed by atoms with Gasteiger partial charge in [0, 0.05) is 25.6 Å². The Kier molecular flexibility index (Phi) is 10.2. The summed E-state index contributed by atoms with van der Waals surface area (Å²) in [5.41, 5.74) is -0.0807. The van der Waals surface area contributed by atoms with Gasteiger partial charge in [0.05, 0.1) is 13.2 Å². The van der Waals surface area contributed by atoms with Gasteiger partial charge in [0.25, 0.3) is 0 Å². The molecule has 0 aromatic carbocycles. The van der Waals surface area contributed by atoms with Crippen LogP contribution in [-0.4, -0.2) is 49.3 Å². The molecule has 0 amide bonds. The normalized spacial score (nSPS) is 12.3. The number of unbranched alkanes of at least 4 members (excludes halogenated alkanes) is 1. The SMILES string of the molecule is C=CCCCN(C)C(=NCC(CC)(CC)CO)NCC. The molecule has 0 atom stereocenters. The van der Waals surface area contributed by atoms with Gasteiger partial charge in [-0.1, -0.05) is 19.9 Å². The van der Waals surface area contributed by atoms with Crippen LogP contribution in [0.1, 0.15) is 46.5 Å². The van der Waals surface area contributed by atoms with Crippen molar-refractivity contribution >= 4 is 5.96 Å². The summed E-state index contributed by atoms with van der Waals surface area (Å²) in [5.74, 6) is 0.927. The van der Waals surface area contributed by atoms with E-state index in [9.17, 15) is 5.11 Å². The Morgan fingerprint density at radius 2 is 2.00 bits per heavy atom. The second-order valence-corrected chi connectivity index (χ2v) is 5.39. The lowest BCUT2D eigenvalue weighted by Crippen LogP contribution is -2.40. The fraction of sp³-hybridized carbons (Fsp3) is 0.812. The Balaban J connectivity index is 4.70. The average Bonchev–Trinajstić information content (AvgIpc) is 2.48. The van der Waals surface area contributed by atoms with Gasteiger partial charge in [0.1, 0.15) is 0 Å². The maximum absolute atomic E-state index is 9.62. The van der Waals surface area contributed by atoms with Crippen molar-refractivity contribution in [3.05, 3.63) is 12.7 Å². The van der Waals surface area contributed by atoms with E-state index in [0.717, 1.165) is 44.7 Å². The standard InChI is InChI=1S/C16H33N3O/c1-6-10-11-12-19(5)15(17-9-4)18-13-16(7-2,8-3)14-20/h6,20H,1,7-14H2,2-5H3,(H,17,18). The van der Waals surface area contributed by atoms with Crippen molar-refractivity contribution in [3.63, 3.8) is 0 Å². The van der Waals surface area contributed by atoms with E-state index in [1.54, 1.807) is 0 Å². The van der Waals surface area contributed by atoms with Crippen molar-refractivity contribution in [1.82, 2.24) is 10.2 Å². The molecular formula is C16H33N3O. The Morgan fingerprint density at radius 3 is 2.45 bits per heavy atom. The van der Waals surface area contributed by atoms with Gasteiger partial charge in [0.2, 0.25) is 0 Å². The highest BCUT2D eigenvalue weighted by Gasteiger charge is 2.25. The van der Waals surface area contributed by atoms with Crippen molar-refractivity contribution < 1.29 is 5.11 Å². The highest BCUT2D eigenvalue weighted by molar-refractivity contribution is 5.79. The number of aliphatic hydroxyl groups is 1. The van der Waals surface area contributed by atoms with Crippen LogP contribution in [0.2, 0.25) is 0 Å². The molecule has 4 nitrogen and oxygen atoms in total.